The van der Waals surface area contributed by atoms with E-state index in [2.05, 4.69) is 4.98 Å². The number of amides is 1. The molecule has 0 aliphatic carbocycles. The lowest BCUT2D eigenvalue weighted by atomic mass is 10.2. The fourth-order valence-electron chi connectivity index (χ4n) is 0.820. The van der Waals surface area contributed by atoms with E-state index in [1.807, 2.05) is 0 Å². The second kappa shape index (κ2) is 3.08. The van der Waals surface area contributed by atoms with Gasteiger partial charge >= 0.3 is 0 Å². The van der Waals surface area contributed by atoms with Crippen LogP contribution in [0, 0.1) is 0 Å². The van der Waals surface area contributed by atoms with Crippen LogP contribution in [0.2, 0.25) is 0 Å². The Hall–Kier alpha value is -1.78. The number of aromatic hydroxyl groups is 1. The Morgan fingerprint density at radius 1 is 1.67 bits per heavy atom. The molecule has 0 spiro atoms. The highest BCUT2D eigenvalue weighted by atomic mass is 16.3. The average molecular weight is 168 g/mol. The van der Waals surface area contributed by atoms with Crippen LogP contribution in [0.1, 0.15) is 5.56 Å². The number of pyridine rings is 1. The fraction of sp³-hybridized carbons (Fsp3) is 0.143. The summed E-state index contributed by atoms with van der Waals surface area (Å²) in [6.07, 6.45) is 1.19. The highest BCUT2D eigenvalue weighted by Crippen LogP contribution is 2.11. The van der Waals surface area contributed by atoms with Crippen LogP contribution in [0.15, 0.2) is 17.1 Å². The van der Waals surface area contributed by atoms with Crippen LogP contribution in [-0.4, -0.2) is 16.0 Å². The van der Waals surface area contributed by atoms with Gasteiger partial charge in [-0.3, -0.25) is 9.59 Å². The van der Waals surface area contributed by atoms with E-state index >= 15 is 0 Å². The molecule has 64 valence electrons. The summed E-state index contributed by atoms with van der Waals surface area (Å²) in [6.45, 7) is 0. The summed E-state index contributed by atoms with van der Waals surface area (Å²) >= 11 is 0. The van der Waals surface area contributed by atoms with Crippen LogP contribution in [0.4, 0.5) is 0 Å². The number of carbonyl (C=O) groups excluding carboxylic acids is 1. The molecular formula is C7H8N2O3. The monoisotopic (exact) mass is 168 g/mol. The first kappa shape index (κ1) is 8.32. The minimum absolute atomic E-state index is 0.0807. The predicted octanol–water partition coefficient (Wildman–Crippen LogP) is -0.892. The second-order valence-corrected chi connectivity index (χ2v) is 2.35. The number of carbonyl (C=O) groups is 1. The van der Waals surface area contributed by atoms with Crippen molar-refractivity contribution in [3.8, 4) is 5.75 Å². The van der Waals surface area contributed by atoms with Crippen molar-refractivity contribution < 1.29 is 9.90 Å². The van der Waals surface area contributed by atoms with E-state index in [4.69, 9.17) is 10.8 Å². The van der Waals surface area contributed by atoms with Crippen LogP contribution < -0.4 is 11.3 Å². The minimum atomic E-state index is -0.558. The summed E-state index contributed by atoms with van der Waals surface area (Å²) in [5, 5.41) is 9.11. The van der Waals surface area contributed by atoms with Gasteiger partial charge in [0.1, 0.15) is 5.75 Å². The van der Waals surface area contributed by atoms with E-state index in [0.717, 1.165) is 6.07 Å². The molecule has 0 aromatic carbocycles. The first-order valence-electron chi connectivity index (χ1n) is 3.28. The number of primary amides is 1. The molecule has 0 aliphatic rings. The summed E-state index contributed by atoms with van der Waals surface area (Å²) in [5.74, 6) is -0.769. The van der Waals surface area contributed by atoms with E-state index in [1.54, 1.807) is 0 Å². The Bertz CT molecular complexity index is 356. The van der Waals surface area contributed by atoms with Crippen molar-refractivity contribution in [3.05, 3.63) is 28.2 Å². The van der Waals surface area contributed by atoms with E-state index < -0.39 is 11.5 Å². The Morgan fingerprint density at radius 2 is 2.33 bits per heavy atom. The summed E-state index contributed by atoms with van der Waals surface area (Å²) < 4.78 is 0. The molecule has 4 N–H and O–H groups in total. The maximum atomic E-state index is 10.6. The zero-order chi connectivity index (χ0) is 9.14. The normalized spacial score (nSPS) is 9.67. The number of nitrogens with two attached hydrogens (primary N) is 1. The van der Waals surface area contributed by atoms with Crippen LogP contribution in [0.3, 0.4) is 0 Å². The summed E-state index contributed by atoms with van der Waals surface area (Å²) in [6, 6.07) is 0.998. The van der Waals surface area contributed by atoms with Gasteiger partial charge in [-0.25, -0.2) is 0 Å². The summed E-state index contributed by atoms with van der Waals surface area (Å²) in [5.41, 5.74) is 4.79. The zero-order valence-electron chi connectivity index (χ0n) is 6.20. The highest BCUT2D eigenvalue weighted by Gasteiger charge is 2.04. The molecular weight excluding hydrogens is 160 g/mol. The molecule has 0 fully saturated rings. The number of nitrogens with one attached hydrogen (secondary N) is 1. The summed E-state index contributed by atoms with van der Waals surface area (Å²) in [7, 11) is 0. The van der Waals surface area contributed by atoms with Gasteiger partial charge < -0.3 is 15.8 Å². The molecule has 0 unspecified atom stereocenters. The van der Waals surface area contributed by atoms with Gasteiger partial charge in [0.25, 0.3) is 5.56 Å². The molecule has 12 heavy (non-hydrogen) atoms. The minimum Gasteiger partial charge on any atom is -0.507 e. The van der Waals surface area contributed by atoms with Crippen molar-refractivity contribution >= 4 is 5.91 Å². The quantitative estimate of drug-likeness (QED) is 0.534. The largest absolute Gasteiger partial charge is 0.507 e. The Morgan fingerprint density at radius 3 is 2.83 bits per heavy atom. The lowest BCUT2D eigenvalue weighted by Gasteiger charge is -1.98. The predicted molar refractivity (Wildman–Crippen MR) is 41.6 cm³/mol. The molecule has 1 heterocycles. The Balaban J connectivity index is 3.01. The Labute approximate surface area is 67.8 Å². The number of hydrogen-bond acceptors (Lipinski definition) is 3. The highest BCUT2D eigenvalue weighted by molar-refractivity contribution is 5.77. The van der Waals surface area contributed by atoms with Crippen molar-refractivity contribution in [1.82, 2.24) is 4.98 Å². The van der Waals surface area contributed by atoms with Crippen molar-refractivity contribution in [1.29, 1.82) is 0 Å². The van der Waals surface area contributed by atoms with Gasteiger partial charge in [0.05, 0.1) is 6.42 Å². The van der Waals surface area contributed by atoms with E-state index in [9.17, 15) is 9.59 Å². The van der Waals surface area contributed by atoms with Gasteiger partial charge in [-0.15, -0.1) is 0 Å². The molecule has 0 saturated heterocycles. The van der Waals surface area contributed by atoms with Gasteiger partial charge in [0, 0.05) is 17.8 Å². The van der Waals surface area contributed by atoms with Crippen LogP contribution in [-0.2, 0) is 11.2 Å². The van der Waals surface area contributed by atoms with Crippen molar-refractivity contribution in [3.63, 3.8) is 0 Å². The lowest BCUT2D eigenvalue weighted by molar-refractivity contribution is -0.117. The van der Waals surface area contributed by atoms with Gasteiger partial charge in [-0.05, 0) is 0 Å². The molecule has 0 bridgehead atoms. The number of aromatic amines is 1. The topological polar surface area (TPSA) is 96.2 Å². The van der Waals surface area contributed by atoms with E-state index in [1.165, 1.54) is 6.20 Å². The second-order valence-electron chi connectivity index (χ2n) is 2.35. The van der Waals surface area contributed by atoms with Crippen LogP contribution in [0.5, 0.6) is 5.75 Å². The molecule has 5 nitrogen and oxygen atoms in total. The maximum absolute atomic E-state index is 10.6. The first-order chi connectivity index (χ1) is 5.59. The van der Waals surface area contributed by atoms with Gasteiger partial charge in [-0.1, -0.05) is 0 Å². The number of rotatable bonds is 2. The SMILES string of the molecule is NC(=O)Cc1c[nH]c(=O)cc1O. The molecule has 1 amide bonds. The zero-order valence-corrected chi connectivity index (χ0v) is 6.20. The average Bonchev–Trinajstić information content (AvgIpc) is 1.94. The van der Waals surface area contributed by atoms with Gasteiger partial charge in [0.15, 0.2) is 0 Å². The lowest BCUT2D eigenvalue weighted by Crippen LogP contribution is -2.15. The van der Waals surface area contributed by atoms with Crippen LogP contribution >= 0.6 is 0 Å². The van der Waals surface area contributed by atoms with Crippen molar-refractivity contribution in [2.75, 3.05) is 0 Å². The van der Waals surface area contributed by atoms with Crippen LogP contribution in [0.25, 0.3) is 0 Å². The molecule has 0 radical (unpaired) electrons. The third kappa shape index (κ3) is 1.85. The van der Waals surface area contributed by atoms with Gasteiger partial charge in [-0.2, -0.15) is 0 Å². The molecule has 0 atom stereocenters. The molecule has 1 aromatic heterocycles. The molecule has 5 heteroatoms. The Kier molecular flexibility index (Phi) is 2.14. The van der Waals surface area contributed by atoms with Crippen molar-refractivity contribution in [2.24, 2.45) is 5.73 Å². The molecule has 0 aliphatic heterocycles. The van der Waals surface area contributed by atoms with Crippen molar-refractivity contribution in [2.45, 2.75) is 6.42 Å². The number of aromatic nitrogens is 1. The maximum Gasteiger partial charge on any atom is 0.251 e. The fourth-order valence-corrected chi connectivity index (χ4v) is 0.820. The van der Waals surface area contributed by atoms with E-state index in [0.29, 0.717) is 5.56 Å². The van der Waals surface area contributed by atoms with E-state index in [-0.39, 0.29) is 12.2 Å². The molecule has 1 rings (SSSR count). The third-order valence-electron chi connectivity index (χ3n) is 1.35. The first-order valence-corrected chi connectivity index (χ1v) is 3.28. The molecule has 0 saturated carbocycles. The number of hydrogen-bond donors (Lipinski definition) is 3. The number of H-pyrrole nitrogens is 1. The standard InChI is InChI=1S/C7H8N2O3/c8-6(11)1-4-3-9-7(12)2-5(4)10/h2-3H,1H2,(H2,8,11)(H2,9,10,12). The third-order valence-corrected chi connectivity index (χ3v) is 1.35. The molecule has 1 aromatic rings. The van der Waals surface area contributed by atoms with Gasteiger partial charge in [0.2, 0.25) is 5.91 Å². The summed E-state index contributed by atoms with van der Waals surface area (Å²) in [4.78, 5) is 23.3. The smallest absolute Gasteiger partial charge is 0.251 e.